The summed E-state index contributed by atoms with van der Waals surface area (Å²) in [6.07, 6.45) is 1.18. The van der Waals surface area contributed by atoms with Gasteiger partial charge in [-0.1, -0.05) is 19.9 Å². The van der Waals surface area contributed by atoms with Crippen LogP contribution in [0.2, 0.25) is 0 Å². The van der Waals surface area contributed by atoms with Crippen molar-refractivity contribution in [1.82, 2.24) is 5.32 Å². The molecule has 0 atom stereocenters. The maximum absolute atomic E-state index is 12.0. The zero-order valence-electron chi connectivity index (χ0n) is 13.3. The summed E-state index contributed by atoms with van der Waals surface area (Å²) in [6.45, 7) is 7.97. The molecule has 5 nitrogen and oxygen atoms in total. The van der Waals surface area contributed by atoms with Crippen molar-refractivity contribution < 1.29 is 13.2 Å². The number of nitrogens with one attached hydrogen (secondary N) is 1. The third-order valence-electron chi connectivity index (χ3n) is 3.03. The Morgan fingerprint density at radius 1 is 1.19 bits per heavy atom. The maximum Gasteiger partial charge on any atom is 0.232 e. The maximum atomic E-state index is 12.0. The van der Waals surface area contributed by atoms with Crippen LogP contribution in [0.25, 0.3) is 0 Å². The second kappa shape index (κ2) is 6.93. The molecule has 0 radical (unpaired) electrons. The smallest absolute Gasteiger partial charge is 0.232 e. The fraction of sp³-hybridized carbons (Fsp3) is 0.533. The number of carbonyl (C=O) groups is 1. The first-order valence-electron chi connectivity index (χ1n) is 6.95. The molecule has 1 aromatic rings. The van der Waals surface area contributed by atoms with Gasteiger partial charge in [-0.05, 0) is 37.1 Å². The van der Waals surface area contributed by atoms with Crippen LogP contribution in [0.3, 0.4) is 0 Å². The van der Waals surface area contributed by atoms with Gasteiger partial charge in [-0.25, -0.2) is 8.42 Å². The normalized spacial score (nSPS) is 11.5. The lowest BCUT2D eigenvalue weighted by atomic mass is 10.1. The molecule has 6 heteroatoms. The number of nitrogens with zero attached hydrogens (tertiary/aromatic N) is 1. The number of benzene rings is 1. The number of sulfonamides is 1. The van der Waals surface area contributed by atoms with E-state index in [-0.39, 0.29) is 24.9 Å². The number of amides is 1. The quantitative estimate of drug-likeness (QED) is 0.871. The van der Waals surface area contributed by atoms with E-state index in [1.165, 1.54) is 10.6 Å². The highest BCUT2D eigenvalue weighted by atomic mass is 32.2. The highest BCUT2D eigenvalue weighted by molar-refractivity contribution is 7.92. The average Bonchev–Trinajstić information content (AvgIpc) is 2.31. The van der Waals surface area contributed by atoms with E-state index in [9.17, 15) is 13.2 Å². The minimum absolute atomic E-state index is 0.0797. The molecule has 0 spiro atoms. The Labute approximate surface area is 127 Å². The predicted molar refractivity (Wildman–Crippen MR) is 86.0 cm³/mol. The topological polar surface area (TPSA) is 66.5 Å². The van der Waals surface area contributed by atoms with E-state index in [1.807, 2.05) is 32.0 Å². The summed E-state index contributed by atoms with van der Waals surface area (Å²) in [5, 5.41) is 2.74. The molecule has 21 heavy (non-hydrogen) atoms. The Morgan fingerprint density at radius 3 is 2.14 bits per heavy atom. The lowest BCUT2D eigenvalue weighted by Gasteiger charge is -2.23. The Morgan fingerprint density at radius 2 is 1.71 bits per heavy atom. The van der Waals surface area contributed by atoms with E-state index >= 15 is 0 Å². The molecule has 0 aliphatic heterocycles. The molecule has 0 aliphatic carbocycles. The van der Waals surface area contributed by atoms with Gasteiger partial charge in [0.2, 0.25) is 15.9 Å². The number of hydrogen-bond donors (Lipinski definition) is 1. The summed E-state index contributed by atoms with van der Waals surface area (Å²) in [5.41, 5.74) is 2.64. The molecule has 0 aliphatic rings. The van der Waals surface area contributed by atoms with Crippen molar-refractivity contribution in [3.05, 3.63) is 29.3 Å². The van der Waals surface area contributed by atoms with Gasteiger partial charge in [-0.3, -0.25) is 9.10 Å². The monoisotopic (exact) mass is 312 g/mol. The number of carbonyl (C=O) groups excluding carboxylic acids is 1. The molecular formula is C15H24N2O3S. The van der Waals surface area contributed by atoms with Gasteiger partial charge >= 0.3 is 0 Å². The largest absolute Gasteiger partial charge is 0.354 e. The Kier molecular flexibility index (Phi) is 5.78. The van der Waals surface area contributed by atoms with Crippen LogP contribution in [0.1, 0.15) is 25.0 Å². The van der Waals surface area contributed by atoms with Gasteiger partial charge in [0.25, 0.3) is 0 Å². The van der Waals surface area contributed by atoms with Gasteiger partial charge in [0.15, 0.2) is 0 Å². The standard InChI is InChI=1S/C15H24N2O3S/c1-11(2)15(18)16-6-7-17(21(5,19)20)14-9-12(3)8-13(4)10-14/h8-11H,6-7H2,1-5H3,(H,16,18). The second-order valence-corrected chi connectivity index (χ2v) is 7.53. The summed E-state index contributed by atoms with van der Waals surface area (Å²) in [7, 11) is -3.39. The molecule has 0 aromatic heterocycles. The third-order valence-corrected chi connectivity index (χ3v) is 4.23. The van der Waals surface area contributed by atoms with E-state index in [0.29, 0.717) is 5.69 Å². The molecule has 0 bridgehead atoms. The summed E-state index contributed by atoms with van der Waals surface area (Å²) >= 11 is 0. The first-order chi connectivity index (χ1) is 9.61. The van der Waals surface area contributed by atoms with Crippen molar-refractivity contribution in [3.8, 4) is 0 Å². The molecule has 1 aromatic carbocycles. The summed E-state index contributed by atoms with van der Waals surface area (Å²) < 4.78 is 25.3. The van der Waals surface area contributed by atoms with Crippen molar-refractivity contribution in [1.29, 1.82) is 0 Å². The Hall–Kier alpha value is -1.56. The van der Waals surface area contributed by atoms with Crippen molar-refractivity contribution in [2.75, 3.05) is 23.7 Å². The van der Waals surface area contributed by atoms with Crippen LogP contribution in [0.5, 0.6) is 0 Å². The molecule has 0 fully saturated rings. The first kappa shape index (κ1) is 17.5. The van der Waals surface area contributed by atoms with Gasteiger partial charge in [-0.15, -0.1) is 0 Å². The molecule has 1 amide bonds. The van der Waals surface area contributed by atoms with E-state index in [4.69, 9.17) is 0 Å². The molecule has 118 valence electrons. The number of aryl methyl sites for hydroxylation is 2. The molecule has 0 saturated carbocycles. The lowest BCUT2D eigenvalue weighted by Crippen LogP contribution is -2.39. The molecule has 0 unspecified atom stereocenters. The van der Waals surface area contributed by atoms with Gasteiger partial charge in [0.1, 0.15) is 0 Å². The second-order valence-electron chi connectivity index (χ2n) is 5.63. The third kappa shape index (κ3) is 5.38. The van der Waals surface area contributed by atoms with Crippen LogP contribution in [0, 0.1) is 19.8 Å². The first-order valence-corrected chi connectivity index (χ1v) is 8.80. The van der Waals surface area contributed by atoms with Crippen LogP contribution in [0.4, 0.5) is 5.69 Å². The van der Waals surface area contributed by atoms with Crippen LogP contribution in [0.15, 0.2) is 18.2 Å². The Balaban J connectivity index is 2.90. The zero-order chi connectivity index (χ0) is 16.2. The predicted octanol–water partition coefficient (Wildman–Crippen LogP) is 1.84. The van der Waals surface area contributed by atoms with Crippen LogP contribution >= 0.6 is 0 Å². The van der Waals surface area contributed by atoms with E-state index < -0.39 is 10.0 Å². The van der Waals surface area contributed by atoms with E-state index in [1.54, 1.807) is 13.8 Å². The van der Waals surface area contributed by atoms with Crippen molar-refractivity contribution in [2.45, 2.75) is 27.7 Å². The van der Waals surface area contributed by atoms with Gasteiger partial charge in [0, 0.05) is 12.5 Å². The van der Waals surface area contributed by atoms with Crippen molar-refractivity contribution in [3.63, 3.8) is 0 Å². The number of anilines is 1. The molecule has 0 heterocycles. The van der Waals surface area contributed by atoms with E-state index in [0.717, 1.165) is 11.1 Å². The summed E-state index contributed by atoms with van der Waals surface area (Å²) in [6, 6.07) is 5.65. The van der Waals surface area contributed by atoms with Gasteiger partial charge in [-0.2, -0.15) is 0 Å². The fourth-order valence-corrected chi connectivity index (χ4v) is 2.98. The van der Waals surface area contributed by atoms with Crippen molar-refractivity contribution >= 4 is 21.6 Å². The summed E-state index contributed by atoms with van der Waals surface area (Å²) in [4.78, 5) is 11.5. The van der Waals surface area contributed by atoms with Crippen molar-refractivity contribution in [2.24, 2.45) is 5.92 Å². The molecule has 1 N–H and O–H groups in total. The number of rotatable bonds is 6. The van der Waals surface area contributed by atoms with Crippen LogP contribution < -0.4 is 9.62 Å². The number of hydrogen-bond acceptors (Lipinski definition) is 3. The molecule has 1 rings (SSSR count). The fourth-order valence-electron chi connectivity index (χ4n) is 2.07. The van der Waals surface area contributed by atoms with Gasteiger partial charge in [0.05, 0.1) is 18.5 Å². The summed E-state index contributed by atoms with van der Waals surface area (Å²) in [5.74, 6) is -0.193. The SMILES string of the molecule is Cc1cc(C)cc(N(CCNC(=O)C(C)C)S(C)(=O)=O)c1. The van der Waals surface area contributed by atoms with Crippen LogP contribution in [-0.4, -0.2) is 33.7 Å². The van der Waals surface area contributed by atoms with Crippen LogP contribution in [-0.2, 0) is 14.8 Å². The average molecular weight is 312 g/mol. The minimum Gasteiger partial charge on any atom is -0.354 e. The van der Waals surface area contributed by atoms with Gasteiger partial charge < -0.3 is 5.32 Å². The molecular weight excluding hydrogens is 288 g/mol. The zero-order valence-corrected chi connectivity index (χ0v) is 14.1. The van der Waals surface area contributed by atoms with E-state index in [2.05, 4.69) is 5.32 Å². The highest BCUT2D eigenvalue weighted by Crippen LogP contribution is 2.20. The Bertz CT molecular complexity index is 589. The highest BCUT2D eigenvalue weighted by Gasteiger charge is 2.18. The minimum atomic E-state index is -3.39. The molecule has 0 saturated heterocycles. The lowest BCUT2D eigenvalue weighted by molar-refractivity contribution is -0.123.